The Hall–Kier alpha value is -1.48. The first-order chi connectivity index (χ1) is 15.3. The summed E-state index contributed by atoms with van der Waals surface area (Å²) in [6.45, 7) is 15.6. The summed E-state index contributed by atoms with van der Waals surface area (Å²) in [5.41, 5.74) is 3.06. The quantitative estimate of drug-likeness (QED) is 0.377. The van der Waals surface area contributed by atoms with E-state index in [-0.39, 0.29) is 27.8 Å². The van der Waals surface area contributed by atoms with Crippen molar-refractivity contribution in [2.45, 2.75) is 99.5 Å². The molecule has 7 atom stereocenters. The van der Waals surface area contributed by atoms with Crippen LogP contribution in [-0.4, -0.2) is 23.3 Å². The number of Topliss-reactive ketones (excluding diaryl/α,β-unsaturated/α-hetero) is 1. The Morgan fingerprint density at radius 2 is 1.88 bits per heavy atom. The number of aldehydes is 1. The lowest BCUT2D eigenvalue weighted by Crippen LogP contribution is -2.54. The first-order valence-corrected chi connectivity index (χ1v) is 13.1. The molecule has 0 radical (unpaired) electrons. The summed E-state index contributed by atoms with van der Waals surface area (Å²) in [6, 6.07) is 0. The largest absolute Gasteiger partial charge is 0.392 e. The molecular weight excluding hydrogens is 408 g/mol. The van der Waals surface area contributed by atoms with Crippen molar-refractivity contribution in [3.05, 3.63) is 34.9 Å². The molecule has 0 aromatic carbocycles. The van der Waals surface area contributed by atoms with Crippen LogP contribution in [0.3, 0.4) is 0 Å². The Kier molecular flexibility index (Phi) is 6.00. The van der Waals surface area contributed by atoms with Gasteiger partial charge in [0, 0.05) is 17.3 Å². The average Bonchev–Trinajstić information content (AvgIpc) is 2.98. The fourth-order valence-corrected chi connectivity index (χ4v) is 8.58. The minimum atomic E-state index is -0.351. The third-order valence-electron chi connectivity index (χ3n) is 11.1. The standard InChI is InChI=1S/C30H44O3/c1-19(18-31)9-8-10-20(2)23-17-26(33)30(7)22-11-12-24-27(3,4)25(32)14-15-28(24,5)21(22)13-16-29(23,30)6/h9,11,13,18,20,23-24,26,33H,8,10,12,14-17H2,1-7H3/b19-9+/t20-,23-,24+,26+,28-,29-,30-/m1/s1. The molecule has 0 heterocycles. The Bertz CT molecular complexity index is 936. The number of allylic oxidation sites excluding steroid dienone is 5. The Morgan fingerprint density at radius 1 is 1.18 bits per heavy atom. The molecule has 4 aliphatic rings. The molecule has 182 valence electrons. The van der Waals surface area contributed by atoms with Crippen LogP contribution in [-0.2, 0) is 9.59 Å². The summed E-state index contributed by atoms with van der Waals surface area (Å²) in [5.74, 6) is 1.66. The lowest BCUT2D eigenvalue weighted by Gasteiger charge is -2.60. The van der Waals surface area contributed by atoms with Crippen LogP contribution < -0.4 is 0 Å². The summed E-state index contributed by atoms with van der Waals surface area (Å²) in [7, 11) is 0. The maximum Gasteiger partial charge on any atom is 0.145 e. The Balaban J connectivity index is 1.69. The Morgan fingerprint density at radius 3 is 2.55 bits per heavy atom. The summed E-state index contributed by atoms with van der Waals surface area (Å²) < 4.78 is 0. The number of carbonyl (C=O) groups is 2. The van der Waals surface area contributed by atoms with Gasteiger partial charge in [-0.3, -0.25) is 9.59 Å². The smallest absolute Gasteiger partial charge is 0.145 e. The van der Waals surface area contributed by atoms with E-state index in [2.05, 4.69) is 53.7 Å². The normalized spacial score (nSPS) is 43.1. The molecule has 0 saturated heterocycles. The number of ketones is 1. The summed E-state index contributed by atoms with van der Waals surface area (Å²) in [4.78, 5) is 23.7. The van der Waals surface area contributed by atoms with Crippen LogP contribution in [0.5, 0.6) is 0 Å². The molecule has 0 unspecified atom stereocenters. The van der Waals surface area contributed by atoms with Gasteiger partial charge in [0.05, 0.1) is 6.10 Å². The number of aliphatic hydroxyl groups excluding tert-OH is 1. The molecule has 3 heteroatoms. The molecule has 4 rings (SSSR count). The molecule has 0 spiro atoms. The van der Waals surface area contributed by atoms with Crippen LogP contribution in [0, 0.1) is 39.4 Å². The van der Waals surface area contributed by atoms with E-state index >= 15 is 0 Å². The molecule has 2 fully saturated rings. The van der Waals surface area contributed by atoms with Crippen molar-refractivity contribution >= 4 is 12.1 Å². The predicted octanol–water partition coefficient (Wildman–Crippen LogP) is 6.61. The van der Waals surface area contributed by atoms with E-state index in [1.807, 2.05) is 13.0 Å². The van der Waals surface area contributed by atoms with Crippen LogP contribution in [0.4, 0.5) is 0 Å². The van der Waals surface area contributed by atoms with Crippen molar-refractivity contribution < 1.29 is 14.7 Å². The lowest BCUT2D eigenvalue weighted by molar-refractivity contribution is -0.138. The second-order valence-electron chi connectivity index (χ2n) is 12.9. The highest BCUT2D eigenvalue weighted by molar-refractivity contribution is 5.86. The van der Waals surface area contributed by atoms with Gasteiger partial charge in [-0.05, 0) is 90.8 Å². The summed E-state index contributed by atoms with van der Waals surface area (Å²) in [5, 5.41) is 11.6. The molecule has 0 aromatic rings. The second-order valence-corrected chi connectivity index (χ2v) is 12.9. The van der Waals surface area contributed by atoms with Crippen LogP contribution in [0.1, 0.15) is 93.4 Å². The van der Waals surface area contributed by atoms with Gasteiger partial charge in [0.15, 0.2) is 0 Å². The van der Waals surface area contributed by atoms with E-state index in [9.17, 15) is 14.7 Å². The van der Waals surface area contributed by atoms with Crippen LogP contribution >= 0.6 is 0 Å². The van der Waals surface area contributed by atoms with E-state index in [1.54, 1.807) is 0 Å². The molecule has 0 aromatic heterocycles. The zero-order chi connectivity index (χ0) is 24.4. The number of hydrogen-bond donors (Lipinski definition) is 1. The minimum Gasteiger partial charge on any atom is -0.392 e. The van der Waals surface area contributed by atoms with Gasteiger partial charge < -0.3 is 5.11 Å². The molecule has 0 bridgehead atoms. The van der Waals surface area contributed by atoms with Crippen molar-refractivity contribution in [3.63, 3.8) is 0 Å². The van der Waals surface area contributed by atoms with Crippen molar-refractivity contribution in [2.24, 2.45) is 39.4 Å². The van der Waals surface area contributed by atoms with Gasteiger partial charge in [-0.2, -0.15) is 0 Å². The first-order valence-electron chi connectivity index (χ1n) is 13.1. The lowest BCUT2D eigenvalue weighted by atomic mass is 9.44. The SMILES string of the molecule is C/C(C=O)=C\CC[C@@H](C)[C@H]1C[C@H](O)[C@@]2(C)C3=CC[C@H]4C(C)(C)C(=O)CC[C@]4(C)C3=CC[C@]12C. The van der Waals surface area contributed by atoms with E-state index in [0.717, 1.165) is 50.4 Å². The molecule has 1 N–H and O–H groups in total. The third-order valence-corrected chi connectivity index (χ3v) is 11.1. The molecule has 2 saturated carbocycles. The van der Waals surface area contributed by atoms with Crippen molar-refractivity contribution in [1.82, 2.24) is 0 Å². The zero-order valence-electron chi connectivity index (χ0n) is 21.8. The number of rotatable bonds is 5. The molecule has 0 aliphatic heterocycles. The van der Waals surface area contributed by atoms with Crippen molar-refractivity contribution in [2.75, 3.05) is 0 Å². The van der Waals surface area contributed by atoms with Crippen LogP contribution in [0.2, 0.25) is 0 Å². The van der Waals surface area contributed by atoms with Gasteiger partial charge in [-0.1, -0.05) is 59.8 Å². The fraction of sp³-hybridized carbons (Fsp3) is 0.733. The van der Waals surface area contributed by atoms with Crippen molar-refractivity contribution in [3.8, 4) is 0 Å². The number of hydrogen-bond acceptors (Lipinski definition) is 3. The van der Waals surface area contributed by atoms with Crippen LogP contribution in [0.15, 0.2) is 34.9 Å². The summed E-state index contributed by atoms with van der Waals surface area (Å²) >= 11 is 0. The van der Waals surface area contributed by atoms with Gasteiger partial charge in [0.2, 0.25) is 0 Å². The molecule has 4 aliphatic carbocycles. The fourth-order valence-electron chi connectivity index (χ4n) is 8.58. The molecule has 3 nitrogen and oxygen atoms in total. The summed E-state index contributed by atoms with van der Waals surface area (Å²) in [6.07, 6.45) is 13.8. The van der Waals surface area contributed by atoms with Gasteiger partial charge in [-0.25, -0.2) is 0 Å². The predicted molar refractivity (Wildman–Crippen MR) is 134 cm³/mol. The highest BCUT2D eigenvalue weighted by atomic mass is 16.3. The molecule has 33 heavy (non-hydrogen) atoms. The minimum absolute atomic E-state index is 0.00636. The van der Waals surface area contributed by atoms with Crippen molar-refractivity contribution in [1.29, 1.82) is 0 Å². The maximum atomic E-state index is 12.8. The third kappa shape index (κ3) is 3.32. The topological polar surface area (TPSA) is 54.4 Å². The highest BCUT2D eigenvalue weighted by Crippen LogP contribution is 2.71. The molecular formula is C30H44O3. The van der Waals surface area contributed by atoms with E-state index < -0.39 is 0 Å². The van der Waals surface area contributed by atoms with E-state index in [1.165, 1.54) is 11.1 Å². The zero-order valence-corrected chi connectivity index (χ0v) is 21.8. The van der Waals surface area contributed by atoms with Crippen LogP contribution in [0.25, 0.3) is 0 Å². The monoisotopic (exact) mass is 452 g/mol. The van der Waals surface area contributed by atoms with Gasteiger partial charge >= 0.3 is 0 Å². The number of aliphatic hydroxyl groups is 1. The first kappa shape index (κ1) is 24.6. The van der Waals surface area contributed by atoms with Gasteiger partial charge in [0.1, 0.15) is 12.1 Å². The maximum absolute atomic E-state index is 12.8. The number of fused-ring (bicyclic) bond motifs is 5. The van der Waals surface area contributed by atoms with E-state index in [4.69, 9.17) is 0 Å². The number of carbonyl (C=O) groups excluding carboxylic acids is 2. The second kappa shape index (κ2) is 8.04. The Labute approximate surface area is 200 Å². The average molecular weight is 453 g/mol. The molecule has 0 amide bonds. The van der Waals surface area contributed by atoms with E-state index in [0.29, 0.717) is 30.0 Å². The van der Waals surface area contributed by atoms with Gasteiger partial charge in [-0.15, -0.1) is 0 Å². The van der Waals surface area contributed by atoms with Gasteiger partial charge in [0.25, 0.3) is 0 Å². The highest BCUT2D eigenvalue weighted by Gasteiger charge is 2.66.